The van der Waals surface area contributed by atoms with E-state index < -0.39 is 0 Å². The fraction of sp³-hybridized carbons (Fsp3) is 0.391. The molecule has 0 saturated heterocycles. The number of rotatable bonds is 5. The van der Waals surface area contributed by atoms with Gasteiger partial charge in [0.2, 0.25) is 0 Å². The maximum absolute atomic E-state index is 3.97. The second kappa shape index (κ2) is 7.05. The molecule has 1 aliphatic rings. The molecule has 0 radical (unpaired) electrons. The molecule has 1 aromatic heterocycles. The van der Waals surface area contributed by atoms with Gasteiger partial charge >= 0.3 is 0 Å². The number of aromatic amines is 1. The lowest BCUT2D eigenvalue weighted by Gasteiger charge is -2.33. The third kappa shape index (κ3) is 3.50. The minimum atomic E-state index is 0.459. The van der Waals surface area contributed by atoms with Gasteiger partial charge in [0.05, 0.1) is 0 Å². The zero-order valence-electron chi connectivity index (χ0n) is 15.3. The number of benzene rings is 2. The molecule has 0 saturated carbocycles. The van der Waals surface area contributed by atoms with E-state index in [2.05, 4.69) is 78.7 Å². The number of hydrogen-bond donors (Lipinski definition) is 2. The molecular weight excluding hydrogens is 304 g/mol. The number of fused-ring (bicyclic) bond motifs is 3. The summed E-state index contributed by atoms with van der Waals surface area (Å²) in [5.41, 5.74) is 5.68. The lowest BCUT2D eigenvalue weighted by atomic mass is 9.87. The number of para-hydroxylation sites is 1. The lowest BCUT2D eigenvalue weighted by molar-refractivity contribution is 0.341. The molecule has 1 aliphatic heterocycles. The van der Waals surface area contributed by atoms with Crippen LogP contribution in [0.25, 0.3) is 10.9 Å². The molecule has 0 aliphatic carbocycles. The summed E-state index contributed by atoms with van der Waals surface area (Å²) in [5, 5.41) is 5.37. The molecule has 0 spiro atoms. The molecule has 3 aromatic rings. The number of H-pyrrole nitrogens is 1. The summed E-state index contributed by atoms with van der Waals surface area (Å²) in [6.07, 6.45) is 4.62. The Morgan fingerprint density at radius 1 is 1.00 bits per heavy atom. The third-order valence-corrected chi connectivity index (χ3v) is 5.40. The summed E-state index contributed by atoms with van der Waals surface area (Å²) in [6, 6.07) is 20.6. The minimum Gasteiger partial charge on any atom is -0.358 e. The smallest absolute Gasteiger partial charge is 0.0459 e. The zero-order chi connectivity index (χ0) is 17.2. The van der Waals surface area contributed by atoms with E-state index in [1.54, 1.807) is 0 Å². The summed E-state index contributed by atoms with van der Waals surface area (Å²) >= 11 is 0. The molecule has 0 bridgehead atoms. The Balaban J connectivity index is 1.59. The highest BCUT2D eigenvalue weighted by Crippen LogP contribution is 2.36. The van der Waals surface area contributed by atoms with Crippen molar-refractivity contribution in [3.8, 4) is 0 Å². The number of aryl methyl sites for hydroxylation is 1. The highest BCUT2D eigenvalue weighted by Gasteiger charge is 2.29. The predicted molar refractivity (Wildman–Crippen MR) is 106 cm³/mol. The molecule has 0 unspecified atom stereocenters. The first-order chi connectivity index (χ1) is 12.2. The Bertz CT molecular complexity index is 832. The first-order valence-electron chi connectivity index (χ1n) is 9.60. The van der Waals surface area contributed by atoms with Gasteiger partial charge in [-0.15, -0.1) is 0 Å². The van der Waals surface area contributed by atoms with Crippen LogP contribution in [0.5, 0.6) is 0 Å². The molecule has 2 heterocycles. The van der Waals surface area contributed by atoms with E-state index in [0.717, 1.165) is 12.8 Å². The van der Waals surface area contributed by atoms with E-state index in [9.17, 15) is 0 Å². The molecule has 2 aromatic carbocycles. The van der Waals surface area contributed by atoms with Crippen LogP contribution in [0.1, 0.15) is 49.6 Å². The molecule has 25 heavy (non-hydrogen) atoms. The predicted octanol–water partition coefficient (Wildman–Crippen LogP) is 5.40. The summed E-state index contributed by atoms with van der Waals surface area (Å²) in [7, 11) is 0. The van der Waals surface area contributed by atoms with Crippen molar-refractivity contribution in [2.24, 2.45) is 5.92 Å². The monoisotopic (exact) mass is 332 g/mol. The second-order valence-electron chi connectivity index (χ2n) is 7.84. The molecule has 0 fully saturated rings. The molecule has 2 heteroatoms. The SMILES string of the molecule is CC(C)C[C@@H]1N[C@H](CCc2ccccc2)Cc2[nH]c3ccccc3c21. The minimum absolute atomic E-state index is 0.459. The van der Waals surface area contributed by atoms with Gasteiger partial charge in [-0.3, -0.25) is 0 Å². The van der Waals surface area contributed by atoms with Gasteiger partial charge < -0.3 is 10.3 Å². The standard InChI is InChI=1S/C23H28N2/c1-16(2)14-21-23-19-10-6-7-11-20(19)25-22(23)15-18(24-21)13-12-17-8-4-3-5-9-17/h3-11,16,18,21,24-25H,12-15H2,1-2H3/t18-,21+/m1/s1. The maximum atomic E-state index is 3.97. The van der Waals surface area contributed by atoms with Crippen LogP contribution >= 0.6 is 0 Å². The molecule has 130 valence electrons. The summed E-state index contributed by atoms with van der Waals surface area (Å²) < 4.78 is 0. The Hall–Kier alpha value is -2.06. The summed E-state index contributed by atoms with van der Waals surface area (Å²) in [5.74, 6) is 0.687. The molecule has 2 atom stereocenters. The van der Waals surface area contributed by atoms with E-state index in [4.69, 9.17) is 0 Å². The van der Waals surface area contributed by atoms with Crippen LogP contribution in [0.3, 0.4) is 0 Å². The van der Waals surface area contributed by atoms with Crippen LogP contribution < -0.4 is 5.32 Å². The Kier molecular flexibility index (Phi) is 4.63. The number of aromatic nitrogens is 1. The van der Waals surface area contributed by atoms with Gasteiger partial charge in [-0.2, -0.15) is 0 Å². The van der Waals surface area contributed by atoms with E-state index >= 15 is 0 Å². The van der Waals surface area contributed by atoms with E-state index in [-0.39, 0.29) is 0 Å². The van der Waals surface area contributed by atoms with Gasteiger partial charge in [-0.25, -0.2) is 0 Å². The largest absolute Gasteiger partial charge is 0.358 e. The Morgan fingerprint density at radius 3 is 2.56 bits per heavy atom. The lowest BCUT2D eigenvalue weighted by Crippen LogP contribution is -2.40. The van der Waals surface area contributed by atoms with Crippen LogP contribution in [0.2, 0.25) is 0 Å². The van der Waals surface area contributed by atoms with Gasteiger partial charge in [0.1, 0.15) is 0 Å². The van der Waals surface area contributed by atoms with Crippen molar-refractivity contribution in [1.29, 1.82) is 0 Å². The van der Waals surface area contributed by atoms with Crippen LogP contribution in [-0.2, 0) is 12.8 Å². The first-order valence-corrected chi connectivity index (χ1v) is 9.60. The van der Waals surface area contributed by atoms with E-state index in [0.29, 0.717) is 18.0 Å². The second-order valence-corrected chi connectivity index (χ2v) is 7.84. The Labute approximate surface area is 150 Å². The molecule has 2 N–H and O–H groups in total. The fourth-order valence-corrected chi connectivity index (χ4v) is 4.28. The normalized spacial score (nSPS) is 20.1. The first kappa shape index (κ1) is 16.4. The van der Waals surface area contributed by atoms with E-state index in [1.165, 1.54) is 40.6 Å². The average molecular weight is 332 g/mol. The van der Waals surface area contributed by atoms with Crippen molar-refractivity contribution in [3.05, 3.63) is 71.4 Å². The number of nitrogens with one attached hydrogen (secondary N) is 2. The number of hydrogen-bond acceptors (Lipinski definition) is 1. The zero-order valence-corrected chi connectivity index (χ0v) is 15.3. The Morgan fingerprint density at radius 2 is 1.76 bits per heavy atom. The maximum Gasteiger partial charge on any atom is 0.0459 e. The molecule has 0 amide bonds. The average Bonchev–Trinajstić information content (AvgIpc) is 2.99. The van der Waals surface area contributed by atoms with Crippen molar-refractivity contribution in [2.45, 2.75) is 51.6 Å². The van der Waals surface area contributed by atoms with Crippen LogP contribution in [0, 0.1) is 5.92 Å². The summed E-state index contributed by atoms with van der Waals surface area (Å²) in [6.45, 7) is 4.65. The molecule has 2 nitrogen and oxygen atoms in total. The van der Waals surface area contributed by atoms with Gasteiger partial charge in [-0.1, -0.05) is 62.4 Å². The molecular formula is C23H28N2. The van der Waals surface area contributed by atoms with Crippen molar-refractivity contribution < 1.29 is 0 Å². The third-order valence-electron chi connectivity index (χ3n) is 5.40. The van der Waals surface area contributed by atoms with Gasteiger partial charge in [-0.05, 0) is 42.4 Å². The summed E-state index contributed by atoms with van der Waals surface area (Å²) in [4.78, 5) is 3.71. The van der Waals surface area contributed by atoms with E-state index in [1.807, 2.05) is 0 Å². The highest BCUT2D eigenvalue weighted by atomic mass is 15.0. The molecule has 4 rings (SSSR count). The van der Waals surface area contributed by atoms with Crippen molar-refractivity contribution in [3.63, 3.8) is 0 Å². The van der Waals surface area contributed by atoms with Crippen molar-refractivity contribution in [2.75, 3.05) is 0 Å². The quantitative estimate of drug-likeness (QED) is 0.643. The van der Waals surface area contributed by atoms with Crippen molar-refractivity contribution in [1.82, 2.24) is 10.3 Å². The van der Waals surface area contributed by atoms with Gasteiger partial charge in [0.15, 0.2) is 0 Å². The van der Waals surface area contributed by atoms with Gasteiger partial charge in [0, 0.05) is 35.1 Å². The van der Waals surface area contributed by atoms with Crippen LogP contribution in [0.15, 0.2) is 54.6 Å². The topological polar surface area (TPSA) is 27.8 Å². The van der Waals surface area contributed by atoms with Crippen molar-refractivity contribution >= 4 is 10.9 Å². The highest BCUT2D eigenvalue weighted by molar-refractivity contribution is 5.85. The van der Waals surface area contributed by atoms with Crippen LogP contribution in [0.4, 0.5) is 0 Å². The van der Waals surface area contributed by atoms with Crippen LogP contribution in [-0.4, -0.2) is 11.0 Å². The van der Waals surface area contributed by atoms with Gasteiger partial charge in [0.25, 0.3) is 0 Å². The fourth-order valence-electron chi connectivity index (χ4n) is 4.28.